The fraction of sp³-hybridized carbons (Fsp3) is 0.643. The maximum Gasteiger partial charge on any atom is 0.214 e. The van der Waals surface area contributed by atoms with Crippen molar-refractivity contribution >= 4 is 10.0 Å². The summed E-state index contributed by atoms with van der Waals surface area (Å²) in [7, 11) is -3.04. The van der Waals surface area contributed by atoms with Crippen LogP contribution in [0.25, 0.3) is 0 Å². The molecule has 0 amide bonds. The van der Waals surface area contributed by atoms with Crippen LogP contribution in [0, 0.1) is 0 Å². The van der Waals surface area contributed by atoms with Gasteiger partial charge in [-0.2, -0.15) is 0 Å². The van der Waals surface area contributed by atoms with Gasteiger partial charge in [0, 0.05) is 38.1 Å². The van der Waals surface area contributed by atoms with Gasteiger partial charge in [0.2, 0.25) is 10.0 Å². The second-order valence-corrected chi connectivity index (χ2v) is 7.76. The molecule has 1 N–H and O–H groups in total. The van der Waals surface area contributed by atoms with E-state index in [1.54, 1.807) is 0 Å². The van der Waals surface area contributed by atoms with E-state index in [1.165, 1.54) is 5.56 Å². The summed E-state index contributed by atoms with van der Waals surface area (Å²) in [5, 5.41) is -0.114. The zero-order chi connectivity index (χ0) is 14.0. The van der Waals surface area contributed by atoms with Crippen LogP contribution in [-0.4, -0.2) is 42.7 Å². The lowest BCUT2D eigenvalue weighted by molar-refractivity contribution is 0.200. The summed E-state index contributed by atoms with van der Waals surface area (Å²) in [5.74, 6) is 0. The fourth-order valence-electron chi connectivity index (χ4n) is 2.66. The first-order valence-electron chi connectivity index (χ1n) is 7.26. The number of hydrogen-bond acceptors (Lipinski definition) is 4. The van der Waals surface area contributed by atoms with Crippen LogP contribution >= 0.6 is 0 Å². The zero-order valence-corrected chi connectivity index (χ0v) is 12.3. The average molecular weight is 295 g/mol. The third-order valence-electron chi connectivity index (χ3n) is 4.04. The Bertz CT molecular complexity index is 535. The Morgan fingerprint density at radius 2 is 1.80 bits per heavy atom. The monoisotopic (exact) mass is 295 g/mol. The normalized spacial score (nSPS) is 22.0. The summed E-state index contributed by atoms with van der Waals surface area (Å²) in [4.78, 5) is 6.39. The molecule has 6 heteroatoms. The van der Waals surface area contributed by atoms with Gasteiger partial charge in [-0.3, -0.25) is 9.88 Å². The van der Waals surface area contributed by atoms with Crippen molar-refractivity contribution in [3.05, 3.63) is 30.1 Å². The van der Waals surface area contributed by atoms with Gasteiger partial charge >= 0.3 is 0 Å². The maximum atomic E-state index is 11.9. The summed E-state index contributed by atoms with van der Waals surface area (Å²) in [6.07, 6.45) is 7.08. The molecule has 0 spiro atoms. The topological polar surface area (TPSA) is 62.3 Å². The van der Waals surface area contributed by atoms with Crippen molar-refractivity contribution in [1.29, 1.82) is 0 Å². The summed E-state index contributed by atoms with van der Waals surface area (Å²) < 4.78 is 26.7. The zero-order valence-electron chi connectivity index (χ0n) is 11.5. The third-order valence-corrected chi connectivity index (χ3v) is 6.05. The fourth-order valence-corrected chi connectivity index (χ4v) is 4.31. The van der Waals surface area contributed by atoms with Crippen molar-refractivity contribution in [3.63, 3.8) is 0 Å². The van der Waals surface area contributed by atoms with E-state index in [2.05, 4.69) is 14.6 Å². The Balaban J connectivity index is 1.47. The Morgan fingerprint density at radius 3 is 2.40 bits per heavy atom. The minimum Gasteiger partial charge on any atom is -0.299 e. The Hall–Kier alpha value is -0.980. The van der Waals surface area contributed by atoms with Crippen LogP contribution in [0.2, 0.25) is 0 Å². The van der Waals surface area contributed by atoms with Crippen molar-refractivity contribution in [2.75, 3.05) is 13.1 Å². The largest absolute Gasteiger partial charge is 0.299 e. The van der Waals surface area contributed by atoms with Crippen molar-refractivity contribution in [1.82, 2.24) is 14.6 Å². The molecule has 1 saturated carbocycles. The van der Waals surface area contributed by atoms with Gasteiger partial charge in [0.1, 0.15) is 0 Å². The van der Waals surface area contributed by atoms with E-state index in [0.717, 1.165) is 45.3 Å². The van der Waals surface area contributed by atoms with Crippen LogP contribution in [0.4, 0.5) is 0 Å². The van der Waals surface area contributed by atoms with Crippen LogP contribution in [0.1, 0.15) is 31.2 Å². The summed E-state index contributed by atoms with van der Waals surface area (Å²) >= 11 is 0. The van der Waals surface area contributed by atoms with E-state index in [4.69, 9.17) is 0 Å². The molecule has 1 aromatic heterocycles. The molecule has 2 fully saturated rings. The predicted molar refractivity (Wildman–Crippen MR) is 77.6 cm³/mol. The van der Waals surface area contributed by atoms with Gasteiger partial charge in [-0.1, -0.05) is 0 Å². The number of pyridine rings is 1. The minimum absolute atomic E-state index is 0.114. The first kappa shape index (κ1) is 14.0. The van der Waals surface area contributed by atoms with Crippen molar-refractivity contribution in [2.24, 2.45) is 0 Å². The molecule has 0 radical (unpaired) electrons. The molecule has 0 aromatic carbocycles. The number of piperidine rings is 1. The quantitative estimate of drug-likeness (QED) is 0.884. The first-order valence-corrected chi connectivity index (χ1v) is 8.80. The molecule has 20 heavy (non-hydrogen) atoms. The third kappa shape index (κ3) is 3.56. The van der Waals surface area contributed by atoms with Crippen molar-refractivity contribution in [2.45, 2.75) is 43.5 Å². The van der Waals surface area contributed by atoms with Gasteiger partial charge in [0.25, 0.3) is 0 Å². The van der Waals surface area contributed by atoms with Gasteiger partial charge in [-0.15, -0.1) is 0 Å². The highest BCUT2D eigenvalue weighted by Gasteiger charge is 2.37. The summed E-state index contributed by atoms with van der Waals surface area (Å²) in [6.45, 7) is 2.81. The lowest BCUT2D eigenvalue weighted by atomic mass is 10.1. The van der Waals surface area contributed by atoms with Crippen LogP contribution in [0.15, 0.2) is 24.5 Å². The van der Waals surface area contributed by atoms with E-state index in [9.17, 15) is 8.42 Å². The summed E-state index contributed by atoms with van der Waals surface area (Å²) in [6, 6.07) is 4.18. The maximum absolute atomic E-state index is 11.9. The molecule has 0 unspecified atom stereocenters. The van der Waals surface area contributed by atoms with Crippen LogP contribution in [-0.2, 0) is 16.6 Å². The molecule has 5 nitrogen and oxygen atoms in total. The standard InChI is InChI=1S/C14H21N3O2S/c18-20(19,14-1-2-14)16-13-5-9-17(10-6-13)11-12-3-7-15-8-4-12/h3-4,7-8,13-14,16H,1-2,5-6,9-11H2. The van der Waals surface area contributed by atoms with E-state index in [-0.39, 0.29) is 11.3 Å². The van der Waals surface area contributed by atoms with E-state index >= 15 is 0 Å². The van der Waals surface area contributed by atoms with Crippen molar-refractivity contribution < 1.29 is 8.42 Å². The lowest BCUT2D eigenvalue weighted by Gasteiger charge is -2.32. The average Bonchev–Trinajstić information content (AvgIpc) is 3.27. The number of sulfonamides is 1. The molecule has 110 valence electrons. The molecular formula is C14H21N3O2S. The Labute approximate surface area is 120 Å². The molecule has 1 aliphatic heterocycles. The number of likely N-dealkylation sites (tertiary alicyclic amines) is 1. The van der Waals surface area contributed by atoms with E-state index in [0.29, 0.717) is 0 Å². The smallest absolute Gasteiger partial charge is 0.214 e. The second kappa shape index (κ2) is 5.79. The van der Waals surface area contributed by atoms with Crippen LogP contribution in [0.5, 0.6) is 0 Å². The first-order chi connectivity index (χ1) is 9.63. The summed E-state index contributed by atoms with van der Waals surface area (Å²) in [5.41, 5.74) is 1.26. The van der Waals surface area contributed by atoms with Gasteiger partial charge in [0.15, 0.2) is 0 Å². The number of nitrogens with one attached hydrogen (secondary N) is 1. The van der Waals surface area contributed by atoms with Gasteiger partial charge in [-0.25, -0.2) is 13.1 Å². The van der Waals surface area contributed by atoms with Crippen LogP contribution in [0.3, 0.4) is 0 Å². The molecular weight excluding hydrogens is 274 g/mol. The second-order valence-electron chi connectivity index (χ2n) is 5.77. The van der Waals surface area contributed by atoms with Crippen LogP contribution < -0.4 is 4.72 Å². The molecule has 0 bridgehead atoms. The van der Waals surface area contributed by atoms with E-state index in [1.807, 2.05) is 24.5 Å². The number of rotatable bonds is 5. The highest BCUT2D eigenvalue weighted by Crippen LogP contribution is 2.28. The number of hydrogen-bond donors (Lipinski definition) is 1. The van der Waals surface area contributed by atoms with E-state index < -0.39 is 10.0 Å². The SMILES string of the molecule is O=S(=O)(NC1CCN(Cc2ccncc2)CC1)C1CC1. The van der Waals surface area contributed by atoms with Gasteiger partial charge < -0.3 is 0 Å². The Morgan fingerprint density at radius 1 is 1.15 bits per heavy atom. The predicted octanol–water partition coefficient (Wildman–Crippen LogP) is 1.13. The lowest BCUT2D eigenvalue weighted by Crippen LogP contribution is -2.45. The minimum atomic E-state index is -3.04. The highest BCUT2D eigenvalue weighted by atomic mass is 32.2. The van der Waals surface area contributed by atoms with Crippen molar-refractivity contribution in [3.8, 4) is 0 Å². The van der Waals surface area contributed by atoms with Gasteiger partial charge in [-0.05, 0) is 43.4 Å². The number of aromatic nitrogens is 1. The number of nitrogens with zero attached hydrogens (tertiary/aromatic N) is 2. The van der Waals surface area contributed by atoms with Gasteiger partial charge in [0.05, 0.1) is 5.25 Å². The highest BCUT2D eigenvalue weighted by molar-refractivity contribution is 7.90. The molecule has 3 rings (SSSR count). The Kier molecular flexibility index (Phi) is 4.05. The molecule has 1 aromatic rings. The molecule has 2 heterocycles. The molecule has 1 saturated heterocycles. The molecule has 0 atom stereocenters. The molecule has 1 aliphatic carbocycles. The molecule has 2 aliphatic rings.